The fraction of sp³-hybridized carbons (Fsp3) is 0.889. The highest BCUT2D eigenvalue weighted by Crippen LogP contribution is 2.90. The molecule has 0 bridgehead atoms. The average Bonchev–Trinajstić information content (AvgIpc) is 3.58. The van der Waals surface area contributed by atoms with Crippen LogP contribution in [0.2, 0.25) is 0 Å². The summed E-state index contributed by atoms with van der Waals surface area (Å²) in [6.07, 6.45) is 7.34. The van der Waals surface area contributed by atoms with Crippen LogP contribution in [0, 0.1) is 63.0 Å². The van der Waals surface area contributed by atoms with E-state index in [0.29, 0.717) is 38.1 Å². The summed E-state index contributed by atoms with van der Waals surface area (Å²) in [5, 5.41) is 33.8. The number of carbonyl (C=O) groups excluding carboxylic acids is 1. The van der Waals surface area contributed by atoms with E-state index in [9.17, 15) is 20.1 Å². The number of nitrogens with zero attached hydrogens (tertiary/aromatic N) is 1. The van der Waals surface area contributed by atoms with E-state index >= 15 is 0 Å². The molecule has 8 heteroatoms. The van der Waals surface area contributed by atoms with E-state index < -0.39 is 23.2 Å². The molecule has 247 valence electrons. The Morgan fingerprint density at radius 3 is 2.55 bits per heavy atom. The second kappa shape index (κ2) is 9.88. The standard InChI is InChI=1S/C36H56NO7/c1-20-17-22(29(39)32(5,6)41)43-28-27(20)33(7)13-14-36-19-35(36)12-11-25(44-26-18-37(21(2)38)15-16-42-26)31(3,4)23(35)9-10-24(36)34(33,8)30(28)40/h20,23,25-27,29-30,39-41H,9-19H2,1-8H3/t20-,23+,25?,26+,27+,29+,30+,33-,34-,35-,36+/m1/s1. The molecular weight excluding hydrogens is 558 g/mol. The molecule has 3 N–H and O–H groups in total. The van der Waals surface area contributed by atoms with Gasteiger partial charge in [-0.25, -0.2) is 0 Å². The molecule has 1 unspecified atom stereocenters. The van der Waals surface area contributed by atoms with Gasteiger partial charge in [0, 0.05) is 24.8 Å². The number of rotatable bonds is 4. The molecule has 5 saturated carbocycles. The molecule has 0 aromatic carbocycles. The van der Waals surface area contributed by atoms with Crippen molar-refractivity contribution < 1.29 is 34.3 Å². The summed E-state index contributed by atoms with van der Waals surface area (Å²) in [4.78, 5) is 13.9. The minimum absolute atomic E-state index is 0.0252. The van der Waals surface area contributed by atoms with Crippen LogP contribution in [0.3, 0.4) is 0 Å². The van der Waals surface area contributed by atoms with Crippen LogP contribution in [0.5, 0.6) is 0 Å². The summed E-state index contributed by atoms with van der Waals surface area (Å²) < 4.78 is 19.2. The van der Waals surface area contributed by atoms with Crippen LogP contribution in [-0.4, -0.2) is 76.0 Å². The number of carbonyl (C=O) groups is 1. The topological polar surface area (TPSA) is 109 Å². The van der Waals surface area contributed by atoms with Crippen LogP contribution in [0.4, 0.5) is 0 Å². The van der Waals surface area contributed by atoms with Crippen LogP contribution < -0.4 is 0 Å². The maximum atomic E-state index is 12.3. The van der Waals surface area contributed by atoms with Crippen LogP contribution >= 0.6 is 0 Å². The number of hydrogen-bond acceptors (Lipinski definition) is 7. The van der Waals surface area contributed by atoms with E-state index in [1.807, 2.05) is 4.90 Å². The number of ether oxygens (including phenoxy) is 3. The second-order valence-electron chi connectivity index (χ2n) is 17.4. The summed E-state index contributed by atoms with van der Waals surface area (Å²) in [5.74, 6) is 2.50. The van der Waals surface area contributed by atoms with Crippen molar-refractivity contribution in [2.75, 3.05) is 19.7 Å². The van der Waals surface area contributed by atoms with Crippen LogP contribution in [0.1, 0.15) is 107 Å². The Morgan fingerprint density at radius 1 is 1.14 bits per heavy atom. The van der Waals surface area contributed by atoms with Gasteiger partial charge in [0.25, 0.3) is 0 Å². The van der Waals surface area contributed by atoms with E-state index in [1.54, 1.807) is 26.7 Å². The minimum Gasteiger partial charge on any atom is -0.389 e. The lowest BCUT2D eigenvalue weighted by molar-refractivity contribution is -0.242. The van der Waals surface area contributed by atoms with Crippen molar-refractivity contribution in [3.05, 3.63) is 18.1 Å². The highest BCUT2D eigenvalue weighted by atomic mass is 16.7. The Labute approximate surface area is 264 Å². The summed E-state index contributed by atoms with van der Waals surface area (Å²) in [6.45, 7) is 18.2. The number of fused-ring (bicyclic) bond motifs is 4. The largest absolute Gasteiger partial charge is 0.389 e. The first-order valence-corrected chi connectivity index (χ1v) is 17.3. The van der Waals surface area contributed by atoms with Gasteiger partial charge in [-0.2, -0.15) is 0 Å². The van der Waals surface area contributed by atoms with Crippen LogP contribution in [0.15, 0.2) is 0 Å². The highest BCUT2D eigenvalue weighted by molar-refractivity contribution is 5.73. The SMILES string of the molecule is CC(=O)N1CCO[C@@H](OC2CC[C@]34C[C@]35CC[C@]3(C)[C@@H]6[C](O[C]([C@H](O)C(C)(C)O)C[C@H]6C)[C@H](O)[C@@]3(C)[C]5CC[C@H]4C2(C)C)C1. The van der Waals surface area contributed by atoms with Gasteiger partial charge in [0.1, 0.15) is 18.3 Å². The molecule has 0 aromatic rings. The van der Waals surface area contributed by atoms with Crippen molar-refractivity contribution in [3.8, 4) is 0 Å². The van der Waals surface area contributed by atoms with Gasteiger partial charge in [-0.3, -0.25) is 4.79 Å². The van der Waals surface area contributed by atoms with Crippen molar-refractivity contribution in [1.82, 2.24) is 4.90 Å². The Balaban J connectivity index is 1.14. The molecular formula is C36H56NO7. The van der Waals surface area contributed by atoms with Gasteiger partial charge in [-0.15, -0.1) is 0 Å². The van der Waals surface area contributed by atoms with Gasteiger partial charge in [-0.1, -0.05) is 34.6 Å². The molecule has 2 aliphatic heterocycles. The lowest BCUT2D eigenvalue weighted by atomic mass is 9.41. The third-order valence-electron chi connectivity index (χ3n) is 14.8. The average molecular weight is 615 g/mol. The Morgan fingerprint density at radius 2 is 1.86 bits per heavy atom. The predicted molar refractivity (Wildman–Crippen MR) is 164 cm³/mol. The first-order chi connectivity index (χ1) is 20.4. The summed E-state index contributed by atoms with van der Waals surface area (Å²) in [7, 11) is 0. The van der Waals surface area contributed by atoms with Crippen molar-refractivity contribution in [2.45, 2.75) is 137 Å². The molecule has 7 aliphatic rings. The Bertz CT molecular complexity index is 1170. The van der Waals surface area contributed by atoms with Gasteiger partial charge in [0.2, 0.25) is 5.91 Å². The molecule has 11 atom stereocenters. The van der Waals surface area contributed by atoms with Gasteiger partial charge in [0.15, 0.2) is 6.29 Å². The molecule has 7 fully saturated rings. The number of aliphatic hydroxyl groups is 3. The normalized spacial score (nSPS) is 49.8. The first-order valence-electron chi connectivity index (χ1n) is 17.3. The molecule has 7 rings (SSSR count). The quantitative estimate of drug-likeness (QED) is 0.417. The second-order valence-corrected chi connectivity index (χ2v) is 17.4. The van der Waals surface area contributed by atoms with E-state index in [0.717, 1.165) is 44.6 Å². The van der Waals surface area contributed by atoms with Gasteiger partial charge >= 0.3 is 0 Å². The smallest absolute Gasteiger partial charge is 0.219 e. The van der Waals surface area contributed by atoms with Gasteiger partial charge in [-0.05, 0) is 105 Å². The van der Waals surface area contributed by atoms with Crippen molar-refractivity contribution >= 4 is 5.91 Å². The summed E-state index contributed by atoms with van der Waals surface area (Å²) >= 11 is 0. The van der Waals surface area contributed by atoms with E-state index in [2.05, 4.69) is 34.6 Å². The lowest BCUT2D eigenvalue weighted by Gasteiger charge is -2.63. The van der Waals surface area contributed by atoms with E-state index in [4.69, 9.17) is 14.2 Å². The monoisotopic (exact) mass is 614 g/mol. The van der Waals surface area contributed by atoms with Crippen molar-refractivity contribution in [3.63, 3.8) is 0 Å². The third kappa shape index (κ3) is 4.00. The molecule has 8 nitrogen and oxygen atoms in total. The van der Waals surface area contributed by atoms with E-state index in [-0.39, 0.29) is 51.8 Å². The lowest BCUT2D eigenvalue weighted by Crippen LogP contribution is -2.59. The van der Waals surface area contributed by atoms with E-state index in [1.165, 1.54) is 6.42 Å². The molecule has 44 heavy (non-hydrogen) atoms. The summed E-state index contributed by atoms with van der Waals surface area (Å²) in [6, 6.07) is 0. The van der Waals surface area contributed by atoms with Crippen molar-refractivity contribution in [1.29, 1.82) is 0 Å². The van der Waals surface area contributed by atoms with Crippen molar-refractivity contribution in [2.24, 2.45) is 44.8 Å². The fourth-order valence-corrected chi connectivity index (χ4v) is 12.4. The Kier molecular flexibility index (Phi) is 7.14. The molecule has 2 saturated heterocycles. The first kappa shape index (κ1) is 31.8. The molecule has 2 heterocycles. The maximum Gasteiger partial charge on any atom is 0.219 e. The van der Waals surface area contributed by atoms with Gasteiger partial charge in [0.05, 0.1) is 31.0 Å². The molecule has 3 radical (unpaired) electrons. The zero-order valence-electron chi connectivity index (χ0n) is 28.2. The number of aliphatic hydroxyl groups excluding tert-OH is 2. The molecule has 5 aliphatic carbocycles. The van der Waals surface area contributed by atoms with Crippen LogP contribution in [-0.2, 0) is 19.0 Å². The number of hydrogen-bond donors (Lipinski definition) is 3. The molecule has 2 spiro atoms. The fourth-order valence-electron chi connectivity index (χ4n) is 12.4. The third-order valence-corrected chi connectivity index (χ3v) is 14.8. The number of morpholine rings is 1. The highest BCUT2D eigenvalue weighted by Gasteiger charge is 2.85. The zero-order chi connectivity index (χ0) is 31.8. The summed E-state index contributed by atoms with van der Waals surface area (Å²) in [5.41, 5.74) is -1.46. The van der Waals surface area contributed by atoms with Crippen LogP contribution in [0.25, 0.3) is 0 Å². The molecule has 1 amide bonds. The predicted octanol–water partition coefficient (Wildman–Crippen LogP) is 4.81. The maximum absolute atomic E-state index is 12.3. The van der Waals surface area contributed by atoms with Gasteiger partial charge < -0.3 is 34.4 Å². The Hall–Kier alpha value is -0.770. The number of amides is 1. The minimum atomic E-state index is -1.31. The molecule has 0 aromatic heterocycles. The zero-order valence-corrected chi connectivity index (χ0v) is 28.2.